The maximum atomic E-state index is 13.1. The molecule has 2 aliphatic rings. The number of carbonyl (C=O) groups excluding carboxylic acids is 3. The summed E-state index contributed by atoms with van der Waals surface area (Å²) in [5.74, 6) is 0.143. The van der Waals surface area contributed by atoms with E-state index < -0.39 is 17.1 Å². The Balaban J connectivity index is 1.54. The topological polar surface area (TPSA) is 79.0 Å². The highest BCUT2D eigenvalue weighted by atomic mass is 32.2. The Morgan fingerprint density at radius 3 is 2.51 bits per heavy atom. The van der Waals surface area contributed by atoms with Gasteiger partial charge in [-0.05, 0) is 118 Å². The molecule has 7 nitrogen and oxygen atoms in total. The molecule has 2 aliphatic heterocycles. The van der Waals surface area contributed by atoms with Crippen molar-refractivity contribution in [2.45, 2.75) is 65.5 Å². The van der Waals surface area contributed by atoms with E-state index >= 15 is 0 Å². The van der Waals surface area contributed by atoms with E-state index in [2.05, 4.69) is 57.0 Å². The summed E-state index contributed by atoms with van der Waals surface area (Å²) in [5, 5.41) is 2.27. The number of ether oxygens (including phenoxy) is 1. The van der Waals surface area contributed by atoms with Crippen molar-refractivity contribution in [3.05, 3.63) is 58.0 Å². The van der Waals surface area contributed by atoms with Crippen LogP contribution in [0.2, 0.25) is 0 Å². The van der Waals surface area contributed by atoms with E-state index in [1.54, 1.807) is 37.5 Å². The molecule has 2 heterocycles. The second-order valence-electron chi connectivity index (χ2n) is 10.7. The minimum absolute atomic E-state index is 0.0452. The molecular formula is C29H35N3O4S. The number of nitrogens with zero attached hydrogens (tertiary/aromatic N) is 2. The molecule has 0 saturated carbocycles. The fourth-order valence-electron chi connectivity index (χ4n) is 5.54. The van der Waals surface area contributed by atoms with Crippen LogP contribution in [0.4, 0.5) is 16.2 Å². The molecule has 2 aromatic carbocycles. The van der Waals surface area contributed by atoms with Gasteiger partial charge in [0.2, 0.25) is 5.91 Å². The molecule has 1 N–H and O–H groups in total. The van der Waals surface area contributed by atoms with Gasteiger partial charge in [0.1, 0.15) is 12.3 Å². The summed E-state index contributed by atoms with van der Waals surface area (Å²) in [6.45, 7) is 12.9. The molecule has 0 aromatic heterocycles. The molecule has 37 heavy (non-hydrogen) atoms. The monoisotopic (exact) mass is 521 g/mol. The van der Waals surface area contributed by atoms with Gasteiger partial charge in [-0.3, -0.25) is 19.3 Å². The molecular weight excluding hydrogens is 486 g/mol. The highest BCUT2D eigenvalue weighted by Crippen LogP contribution is 2.46. The first-order valence-corrected chi connectivity index (χ1v) is 13.4. The zero-order chi connectivity index (χ0) is 27.1. The van der Waals surface area contributed by atoms with Crippen LogP contribution in [0.3, 0.4) is 0 Å². The van der Waals surface area contributed by atoms with E-state index in [4.69, 9.17) is 4.74 Å². The number of amides is 3. The minimum atomic E-state index is -0.449. The maximum absolute atomic E-state index is 13.1. The van der Waals surface area contributed by atoms with E-state index in [1.807, 2.05) is 6.92 Å². The summed E-state index contributed by atoms with van der Waals surface area (Å²) in [6, 6.07) is 11.6. The van der Waals surface area contributed by atoms with Gasteiger partial charge in [-0.25, -0.2) is 0 Å². The van der Waals surface area contributed by atoms with Gasteiger partial charge >= 0.3 is 0 Å². The van der Waals surface area contributed by atoms with E-state index in [0.717, 1.165) is 34.2 Å². The SMILES string of the molecule is COc1ccc(NC(=O)CN2C(=O)S/C(=C\c3cc4c(cc3C)N(C(C)C)C(C)(C)C[C@H]4C)C2=O)cc1. The Morgan fingerprint density at radius 1 is 1.22 bits per heavy atom. The molecule has 4 rings (SSSR count). The lowest BCUT2D eigenvalue weighted by Crippen LogP contribution is -2.51. The van der Waals surface area contributed by atoms with Crippen LogP contribution in [-0.2, 0) is 9.59 Å². The van der Waals surface area contributed by atoms with Crippen LogP contribution in [0.5, 0.6) is 5.75 Å². The molecule has 0 radical (unpaired) electrons. The minimum Gasteiger partial charge on any atom is -0.497 e. The number of nitrogens with one attached hydrogen (secondary N) is 1. The second kappa shape index (κ2) is 10.2. The Morgan fingerprint density at radius 2 is 1.89 bits per heavy atom. The smallest absolute Gasteiger partial charge is 0.294 e. The van der Waals surface area contributed by atoms with E-state index in [1.165, 1.54) is 11.3 Å². The molecule has 0 aliphatic carbocycles. The number of aryl methyl sites for hydroxylation is 1. The highest BCUT2D eigenvalue weighted by molar-refractivity contribution is 8.18. The third-order valence-electron chi connectivity index (χ3n) is 7.02. The van der Waals surface area contributed by atoms with Gasteiger partial charge in [0.05, 0.1) is 12.0 Å². The number of hydrogen-bond donors (Lipinski definition) is 1. The molecule has 3 amide bonds. The summed E-state index contributed by atoms with van der Waals surface area (Å²) in [7, 11) is 1.56. The summed E-state index contributed by atoms with van der Waals surface area (Å²) in [5.41, 5.74) is 5.05. The van der Waals surface area contributed by atoms with Crippen LogP contribution >= 0.6 is 11.8 Å². The first kappa shape index (κ1) is 26.8. The maximum Gasteiger partial charge on any atom is 0.294 e. The number of fused-ring (bicyclic) bond motifs is 1. The van der Waals surface area contributed by atoms with Gasteiger partial charge in [-0.15, -0.1) is 0 Å². The van der Waals surface area contributed by atoms with Crippen molar-refractivity contribution in [1.29, 1.82) is 0 Å². The molecule has 0 unspecified atom stereocenters. The highest BCUT2D eigenvalue weighted by Gasteiger charge is 2.39. The van der Waals surface area contributed by atoms with Gasteiger partial charge in [-0.1, -0.05) is 6.92 Å². The third kappa shape index (κ3) is 5.39. The molecule has 0 bridgehead atoms. The van der Waals surface area contributed by atoms with Gasteiger partial charge in [-0.2, -0.15) is 0 Å². The van der Waals surface area contributed by atoms with Gasteiger partial charge in [0.25, 0.3) is 11.1 Å². The van der Waals surface area contributed by atoms with Gasteiger partial charge < -0.3 is 15.0 Å². The van der Waals surface area contributed by atoms with Crippen molar-refractivity contribution < 1.29 is 19.1 Å². The van der Waals surface area contributed by atoms with E-state index in [9.17, 15) is 14.4 Å². The standard InChI is InChI=1S/C29H35N3O4S/c1-17(2)32-24-12-18(3)20(13-23(24)19(4)15-29(32,5)6)14-25-27(34)31(28(35)37-25)16-26(33)30-21-8-10-22(36-7)11-9-21/h8-14,17,19H,15-16H2,1-7H3,(H,30,33)/b25-14-/t19-/m1/s1. The number of carbonyl (C=O) groups is 3. The number of rotatable bonds is 6. The lowest BCUT2D eigenvalue weighted by atomic mass is 9.78. The molecule has 8 heteroatoms. The van der Waals surface area contributed by atoms with Gasteiger partial charge in [0, 0.05) is 23.0 Å². The molecule has 1 fully saturated rings. The zero-order valence-electron chi connectivity index (χ0n) is 22.5. The van der Waals surface area contributed by atoms with Crippen LogP contribution in [0, 0.1) is 6.92 Å². The van der Waals surface area contributed by atoms with Crippen molar-refractivity contribution in [3.63, 3.8) is 0 Å². The van der Waals surface area contributed by atoms with E-state index in [-0.39, 0.29) is 12.1 Å². The average molecular weight is 522 g/mol. The molecule has 1 saturated heterocycles. The Hall–Kier alpha value is -3.26. The summed E-state index contributed by atoms with van der Waals surface area (Å²) in [4.78, 5) is 42.1. The third-order valence-corrected chi connectivity index (χ3v) is 7.92. The lowest BCUT2D eigenvalue weighted by molar-refractivity contribution is -0.127. The molecule has 0 spiro atoms. The molecule has 1 atom stereocenters. The number of anilines is 2. The van der Waals surface area contributed by atoms with Crippen molar-refractivity contribution >= 4 is 46.3 Å². The number of methoxy groups -OCH3 is 1. The summed E-state index contributed by atoms with van der Waals surface area (Å²) in [6.07, 6.45) is 2.81. The predicted octanol–water partition coefficient (Wildman–Crippen LogP) is 6.18. The molecule has 196 valence electrons. The first-order chi connectivity index (χ1) is 17.4. The van der Waals surface area contributed by atoms with Crippen molar-refractivity contribution in [2.24, 2.45) is 0 Å². The van der Waals surface area contributed by atoms with E-state index in [0.29, 0.717) is 28.3 Å². The average Bonchev–Trinajstić information content (AvgIpc) is 3.07. The van der Waals surface area contributed by atoms with Crippen LogP contribution in [-0.4, -0.2) is 47.2 Å². The van der Waals surface area contributed by atoms with Crippen LogP contribution < -0.4 is 15.0 Å². The first-order valence-electron chi connectivity index (χ1n) is 12.5. The van der Waals surface area contributed by atoms with Crippen molar-refractivity contribution in [3.8, 4) is 5.75 Å². The number of thioether (sulfide) groups is 1. The Kier molecular flexibility index (Phi) is 7.42. The lowest BCUT2D eigenvalue weighted by Gasteiger charge is -2.50. The number of imide groups is 1. The fraction of sp³-hybridized carbons (Fsp3) is 0.414. The predicted molar refractivity (Wildman–Crippen MR) is 150 cm³/mol. The quantitative estimate of drug-likeness (QED) is 0.458. The summed E-state index contributed by atoms with van der Waals surface area (Å²) < 4.78 is 5.12. The van der Waals surface area contributed by atoms with Crippen molar-refractivity contribution in [2.75, 3.05) is 23.9 Å². The van der Waals surface area contributed by atoms with Gasteiger partial charge in [0.15, 0.2) is 0 Å². The second-order valence-corrected chi connectivity index (χ2v) is 11.7. The Labute approximate surface area is 223 Å². The van der Waals surface area contributed by atoms with Crippen LogP contribution in [0.25, 0.3) is 6.08 Å². The fourth-order valence-corrected chi connectivity index (χ4v) is 6.37. The van der Waals surface area contributed by atoms with Crippen molar-refractivity contribution in [1.82, 2.24) is 4.90 Å². The van der Waals surface area contributed by atoms with Crippen LogP contribution in [0.15, 0.2) is 41.3 Å². The molecule has 2 aromatic rings. The Bertz CT molecular complexity index is 1270. The zero-order valence-corrected chi connectivity index (χ0v) is 23.4. The number of hydrogen-bond acceptors (Lipinski definition) is 6. The van der Waals surface area contributed by atoms with Crippen LogP contribution in [0.1, 0.15) is 63.6 Å². The normalized spacial score (nSPS) is 20.0. The largest absolute Gasteiger partial charge is 0.497 e. The number of benzene rings is 2. The summed E-state index contributed by atoms with van der Waals surface area (Å²) >= 11 is 0.874.